The van der Waals surface area contributed by atoms with Crippen molar-refractivity contribution in [1.82, 2.24) is 9.80 Å². The average Bonchev–Trinajstić information content (AvgIpc) is 2.51. The highest BCUT2D eigenvalue weighted by Gasteiger charge is 2.22. The van der Waals surface area contributed by atoms with Gasteiger partial charge in [0.1, 0.15) is 5.75 Å². The number of rotatable bonds is 8. The highest BCUT2D eigenvalue weighted by molar-refractivity contribution is 5.27. The van der Waals surface area contributed by atoms with Gasteiger partial charge in [0.05, 0.1) is 13.2 Å². The second-order valence-corrected chi connectivity index (χ2v) is 6.20. The van der Waals surface area contributed by atoms with E-state index in [-0.39, 0.29) is 0 Å². The highest BCUT2D eigenvalue weighted by Crippen LogP contribution is 2.13. The smallest absolute Gasteiger partial charge is 0.119 e. The number of benzene rings is 1. The van der Waals surface area contributed by atoms with E-state index in [9.17, 15) is 0 Å². The molecule has 0 aromatic heterocycles. The van der Waals surface area contributed by atoms with Crippen molar-refractivity contribution < 1.29 is 9.47 Å². The quantitative estimate of drug-likeness (QED) is 0.689. The molecule has 124 valence electrons. The summed E-state index contributed by atoms with van der Waals surface area (Å²) < 4.78 is 11.0. The minimum Gasteiger partial charge on any atom is -0.494 e. The van der Waals surface area contributed by atoms with Gasteiger partial charge in [0.15, 0.2) is 0 Å². The maximum Gasteiger partial charge on any atom is 0.119 e. The standard InChI is InChI=1S/C18H30N2O2/c1-16-6-4-7-18(14-16)22-12-5-8-19-9-10-20(11-13-21-3)17(2)15-19/h4,6-7,14,17H,5,8-13,15H2,1-3H3. The van der Waals surface area contributed by atoms with E-state index in [1.54, 1.807) is 7.11 Å². The summed E-state index contributed by atoms with van der Waals surface area (Å²) in [6.07, 6.45) is 1.08. The van der Waals surface area contributed by atoms with E-state index in [0.29, 0.717) is 6.04 Å². The molecule has 1 fully saturated rings. The van der Waals surface area contributed by atoms with Crippen molar-refractivity contribution in [2.24, 2.45) is 0 Å². The summed E-state index contributed by atoms with van der Waals surface area (Å²) in [6, 6.07) is 8.88. The average molecular weight is 306 g/mol. The first kappa shape index (κ1) is 17.3. The largest absolute Gasteiger partial charge is 0.494 e. The van der Waals surface area contributed by atoms with Gasteiger partial charge in [0, 0.05) is 45.9 Å². The summed E-state index contributed by atoms with van der Waals surface area (Å²) in [7, 11) is 1.77. The molecule has 0 saturated carbocycles. The topological polar surface area (TPSA) is 24.9 Å². The molecule has 0 amide bonds. The summed E-state index contributed by atoms with van der Waals surface area (Å²) >= 11 is 0. The van der Waals surface area contributed by atoms with Crippen LogP contribution in [0, 0.1) is 6.92 Å². The van der Waals surface area contributed by atoms with Gasteiger partial charge in [-0.05, 0) is 38.0 Å². The van der Waals surface area contributed by atoms with Crippen LogP contribution in [0.4, 0.5) is 0 Å². The Balaban J connectivity index is 1.62. The van der Waals surface area contributed by atoms with E-state index >= 15 is 0 Å². The Labute approximate surface area is 135 Å². The van der Waals surface area contributed by atoms with Gasteiger partial charge in [0.2, 0.25) is 0 Å². The minimum absolute atomic E-state index is 0.613. The van der Waals surface area contributed by atoms with Crippen LogP contribution in [-0.4, -0.2) is 68.9 Å². The van der Waals surface area contributed by atoms with Crippen LogP contribution in [0.1, 0.15) is 18.9 Å². The number of piperazine rings is 1. The number of hydrogen-bond donors (Lipinski definition) is 0. The van der Waals surface area contributed by atoms with Gasteiger partial charge in [-0.25, -0.2) is 0 Å². The van der Waals surface area contributed by atoms with Gasteiger partial charge in [-0.3, -0.25) is 4.90 Å². The molecule has 4 heteroatoms. The van der Waals surface area contributed by atoms with Crippen LogP contribution in [0.2, 0.25) is 0 Å². The molecule has 1 aliphatic rings. The molecular formula is C18H30N2O2. The molecule has 4 nitrogen and oxygen atoms in total. The highest BCUT2D eigenvalue weighted by atomic mass is 16.5. The minimum atomic E-state index is 0.613. The van der Waals surface area contributed by atoms with Crippen LogP contribution < -0.4 is 4.74 Å². The van der Waals surface area contributed by atoms with E-state index < -0.39 is 0 Å². The van der Waals surface area contributed by atoms with E-state index in [1.807, 2.05) is 12.1 Å². The second kappa shape index (κ2) is 9.13. The maximum atomic E-state index is 5.83. The van der Waals surface area contributed by atoms with E-state index in [0.717, 1.165) is 58.1 Å². The van der Waals surface area contributed by atoms with Crippen LogP contribution >= 0.6 is 0 Å². The molecule has 1 aromatic carbocycles. The fourth-order valence-corrected chi connectivity index (χ4v) is 3.00. The zero-order chi connectivity index (χ0) is 15.8. The van der Waals surface area contributed by atoms with E-state index in [4.69, 9.17) is 9.47 Å². The van der Waals surface area contributed by atoms with Gasteiger partial charge in [-0.1, -0.05) is 12.1 Å². The van der Waals surface area contributed by atoms with Crippen molar-refractivity contribution in [1.29, 1.82) is 0 Å². The SMILES string of the molecule is COCCN1CCN(CCCOc2cccc(C)c2)CC1C. The van der Waals surface area contributed by atoms with Crippen molar-refractivity contribution in [3.8, 4) is 5.75 Å². The lowest BCUT2D eigenvalue weighted by Gasteiger charge is -2.39. The molecule has 1 saturated heterocycles. The first-order valence-electron chi connectivity index (χ1n) is 8.34. The van der Waals surface area contributed by atoms with E-state index in [1.165, 1.54) is 5.56 Å². The fraction of sp³-hybridized carbons (Fsp3) is 0.667. The normalized spacial score (nSPS) is 20.2. The van der Waals surface area contributed by atoms with Crippen LogP contribution in [-0.2, 0) is 4.74 Å². The Kier molecular flexibility index (Phi) is 7.16. The zero-order valence-corrected chi connectivity index (χ0v) is 14.3. The molecule has 0 bridgehead atoms. The van der Waals surface area contributed by atoms with Gasteiger partial charge in [-0.2, -0.15) is 0 Å². The monoisotopic (exact) mass is 306 g/mol. The molecule has 0 radical (unpaired) electrons. The predicted molar refractivity (Wildman–Crippen MR) is 90.6 cm³/mol. The third-order valence-electron chi connectivity index (χ3n) is 4.31. The van der Waals surface area contributed by atoms with E-state index in [2.05, 4.69) is 35.8 Å². The van der Waals surface area contributed by atoms with Crippen LogP contribution in [0.25, 0.3) is 0 Å². The molecule has 2 rings (SSSR count). The van der Waals surface area contributed by atoms with Crippen molar-refractivity contribution in [2.75, 3.05) is 53.0 Å². The molecule has 1 aromatic rings. The summed E-state index contributed by atoms with van der Waals surface area (Å²) in [5.74, 6) is 0.984. The van der Waals surface area contributed by atoms with Gasteiger partial charge in [0.25, 0.3) is 0 Å². The molecule has 1 unspecified atom stereocenters. The summed E-state index contributed by atoms with van der Waals surface area (Å²) in [5.41, 5.74) is 1.25. The number of aryl methyl sites for hydroxylation is 1. The summed E-state index contributed by atoms with van der Waals surface area (Å²) in [5, 5.41) is 0. The Bertz CT molecular complexity index is 439. The molecule has 0 N–H and O–H groups in total. The van der Waals surface area contributed by atoms with Crippen LogP contribution in [0.15, 0.2) is 24.3 Å². The molecule has 0 spiro atoms. The maximum absolute atomic E-state index is 5.83. The number of nitrogens with zero attached hydrogens (tertiary/aromatic N) is 2. The second-order valence-electron chi connectivity index (χ2n) is 6.20. The number of hydrogen-bond acceptors (Lipinski definition) is 4. The molecular weight excluding hydrogens is 276 g/mol. The number of ether oxygens (including phenoxy) is 2. The van der Waals surface area contributed by atoms with Crippen molar-refractivity contribution in [3.05, 3.63) is 29.8 Å². The van der Waals surface area contributed by atoms with Gasteiger partial charge >= 0.3 is 0 Å². The number of methoxy groups -OCH3 is 1. The van der Waals surface area contributed by atoms with Crippen molar-refractivity contribution in [3.63, 3.8) is 0 Å². The lowest BCUT2D eigenvalue weighted by molar-refractivity contribution is 0.0569. The Morgan fingerprint density at radius 2 is 2.05 bits per heavy atom. The lowest BCUT2D eigenvalue weighted by atomic mass is 10.2. The Morgan fingerprint density at radius 1 is 1.18 bits per heavy atom. The third kappa shape index (κ3) is 5.59. The van der Waals surface area contributed by atoms with Gasteiger partial charge < -0.3 is 14.4 Å². The first-order valence-corrected chi connectivity index (χ1v) is 8.34. The van der Waals surface area contributed by atoms with Crippen molar-refractivity contribution in [2.45, 2.75) is 26.3 Å². The van der Waals surface area contributed by atoms with Crippen molar-refractivity contribution >= 4 is 0 Å². The predicted octanol–water partition coefficient (Wildman–Crippen LogP) is 2.42. The third-order valence-corrected chi connectivity index (χ3v) is 4.31. The Hall–Kier alpha value is -1.10. The first-order chi connectivity index (χ1) is 10.7. The zero-order valence-electron chi connectivity index (χ0n) is 14.3. The Morgan fingerprint density at radius 3 is 2.77 bits per heavy atom. The molecule has 0 aliphatic carbocycles. The summed E-state index contributed by atoms with van der Waals surface area (Å²) in [6.45, 7) is 11.6. The molecule has 1 atom stereocenters. The lowest BCUT2D eigenvalue weighted by Crippen LogP contribution is -2.52. The fourth-order valence-electron chi connectivity index (χ4n) is 3.00. The van der Waals surface area contributed by atoms with Crippen LogP contribution in [0.3, 0.4) is 0 Å². The van der Waals surface area contributed by atoms with Crippen LogP contribution in [0.5, 0.6) is 5.75 Å². The van der Waals surface area contributed by atoms with Gasteiger partial charge in [-0.15, -0.1) is 0 Å². The molecule has 1 heterocycles. The molecule has 22 heavy (non-hydrogen) atoms. The summed E-state index contributed by atoms with van der Waals surface area (Å²) in [4.78, 5) is 5.07. The molecule has 1 aliphatic heterocycles.